The fourth-order valence-electron chi connectivity index (χ4n) is 3.20. The SMILES string of the molecule is COc1cccc(C2CCCCC2CNC(C)(C)C)c1. The zero-order valence-corrected chi connectivity index (χ0v) is 13.4. The van der Waals surface area contributed by atoms with Crippen LogP contribution in [0.4, 0.5) is 0 Å². The van der Waals surface area contributed by atoms with E-state index in [0.717, 1.165) is 18.2 Å². The minimum Gasteiger partial charge on any atom is -0.497 e. The Kier molecular flexibility index (Phi) is 5.09. The van der Waals surface area contributed by atoms with Crippen molar-refractivity contribution in [2.45, 2.75) is 57.9 Å². The molecule has 1 N–H and O–H groups in total. The lowest BCUT2D eigenvalue weighted by Crippen LogP contribution is -2.41. The Morgan fingerprint density at radius 2 is 1.95 bits per heavy atom. The third-order valence-corrected chi connectivity index (χ3v) is 4.33. The van der Waals surface area contributed by atoms with Crippen LogP contribution >= 0.6 is 0 Å². The predicted octanol–water partition coefficient (Wildman–Crippen LogP) is 4.36. The summed E-state index contributed by atoms with van der Waals surface area (Å²) < 4.78 is 5.38. The van der Waals surface area contributed by atoms with Crippen molar-refractivity contribution in [1.29, 1.82) is 0 Å². The molecule has 0 heterocycles. The summed E-state index contributed by atoms with van der Waals surface area (Å²) >= 11 is 0. The monoisotopic (exact) mass is 275 g/mol. The van der Waals surface area contributed by atoms with E-state index in [9.17, 15) is 0 Å². The molecule has 1 aliphatic rings. The summed E-state index contributed by atoms with van der Waals surface area (Å²) in [5.41, 5.74) is 1.65. The van der Waals surface area contributed by atoms with Crippen molar-refractivity contribution in [3.63, 3.8) is 0 Å². The number of ether oxygens (including phenoxy) is 1. The van der Waals surface area contributed by atoms with Crippen molar-refractivity contribution in [3.05, 3.63) is 29.8 Å². The molecule has 1 saturated carbocycles. The van der Waals surface area contributed by atoms with Crippen molar-refractivity contribution in [2.75, 3.05) is 13.7 Å². The highest BCUT2D eigenvalue weighted by molar-refractivity contribution is 5.31. The van der Waals surface area contributed by atoms with E-state index in [4.69, 9.17) is 4.74 Å². The number of hydrogen-bond donors (Lipinski definition) is 1. The number of hydrogen-bond acceptors (Lipinski definition) is 2. The van der Waals surface area contributed by atoms with E-state index in [2.05, 4.69) is 44.3 Å². The van der Waals surface area contributed by atoms with E-state index in [1.54, 1.807) is 7.11 Å². The van der Waals surface area contributed by atoms with Crippen LogP contribution in [-0.2, 0) is 0 Å². The molecule has 2 rings (SSSR count). The molecular weight excluding hydrogens is 246 g/mol. The average molecular weight is 275 g/mol. The summed E-state index contributed by atoms with van der Waals surface area (Å²) in [6, 6.07) is 8.65. The molecule has 1 aromatic rings. The lowest BCUT2D eigenvalue weighted by atomic mass is 9.75. The van der Waals surface area contributed by atoms with Crippen LogP contribution in [0.5, 0.6) is 5.75 Å². The largest absolute Gasteiger partial charge is 0.497 e. The van der Waals surface area contributed by atoms with Crippen molar-refractivity contribution in [2.24, 2.45) is 5.92 Å². The van der Waals surface area contributed by atoms with Gasteiger partial charge in [-0.25, -0.2) is 0 Å². The Bertz CT molecular complexity index is 422. The highest BCUT2D eigenvalue weighted by Gasteiger charge is 2.27. The van der Waals surface area contributed by atoms with Crippen molar-refractivity contribution in [1.82, 2.24) is 5.32 Å². The van der Waals surface area contributed by atoms with E-state index in [1.807, 2.05) is 6.07 Å². The van der Waals surface area contributed by atoms with Gasteiger partial charge in [0.25, 0.3) is 0 Å². The molecule has 0 spiro atoms. The molecule has 2 nitrogen and oxygen atoms in total. The van der Waals surface area contributed by atoms with Crippen LogP contribution in [0.1, 0.15) is 57.9 Å². The first-order valence-electron chi connectivity index (χ1n) is 7.88. The van der Waals surface area contributed by atoms with Gasteiger partial charge in [0.05, 0.1) is 7.11 Å². The summed E-state index contributed by atoms with van der Waals surface area (Å²) in [4.78, 5) is 0. The number of nitrogens with one attached hydrogen (secondary N) is 1. The van der Waals surface area contributed by atoms with Crippen LogP contribution in [-0.4, -0.2) is 19.2 Å². The molecule has 2 atom stereocenters. The summed E-state index contributed by atoms with van der Waals surface area (Å²) in [6.07, 6.45) is 5.37. The highest BCUT2D eigenvalue weighted by Crippen LogP contribution is 2.38. The molecule has 2 unspecified atom stereocenters. The molecule has 0 saturated heterocycles. The first-order valence-corrected chi connectivity index (χ1v) is 7.88. The number of methoxy groups -OCH3 is 1. The van der Waals surface area contributed by atoms with E-state index < -0.39 is 0 Å². The van der Waals surface area contributed by atoms with Crippen LogP contribution in [0, 0.1) is 5.92 Å². The first kappa shape index (κ1) is 15.4. The smallest absolute Gasteiger partial charge is 0.119 e. The topological polar surface area (TPSA) is 21.3 Å². The second-order valence-corrected chi connectivity index (χ2v) is 7.06. The third kappa shape index (κ3) is 4.24. The second-order valence-electron chi connectivity index (χ2n) is 7.06. The normalized spacial score (nSPS) is 23.6. The lowest BCUT2D eigenvalue weighted by Gasteiger charge is -2.34. The van der Waals surface area contributed by atoms with Gasteiger partial charge in [-0.2, -0.15) is 0 Å². The van der Waals surface area contributed by atoms with Gasteiger partial charge in [0.2, 0.25) is 0 Å². The van der Waals surface area contributed by atoms with Gasteiger partial charge in [-0.1, -0.05) is 25.0 Å². The fourth-order valence-corrected chi connectivity index (χ4v) is 3.20. The van der Waals surface area contributed by atoms with Gasteiger partial charge >= 0.3 is 0 Å². The van der Waals surface area contributed by atoms with Crippen LogP contribution in [0.2, 0.25) is 0 Å². The molecule has 1 fully saturated rings. The summed E-state index contributed by atoms with van der Waals surface area (Å²) in [5.74, 6) is 2.40. The molecule has 2 heteroatoms. The first-order chi connectivity index (χ1) is 9.49. The van der Waals surface area contributed by atoms with Crippen molar-refractivity contribution >= 4 is 0 Å². The molecular formula is C18H29NO. The van der Waals surface area contributed by atoms with E-state index in [0.29, 0.717) is 5.92 Å². The maximum absolute atomic E-state index is 5.38. The van der Waals surface area contributed by atoms with Crippen LogP contribution in [0.3, 0.4) is 0 Å². The van der Waals surface area contributed by atoms with Gasteiger partial charge in [-0.15, -0.1) is 0 Å². The Labute approximate surface area is 123 Å². The Hall–Kier alpha value is -1.02. The third-order valence-electron chi connectivity index (χ3n) is 4.33. The predicted molar refractivity (Wildman–Crippen MR) is 85.4 cm³/mol. The van der Waals surface area contributed by atoms with Crippen LogP contribution in [0.15, 0.2) is 24.3 Å². The van der Waals surface area contributed by atoms with Crippen LogP contribution in [0.25, 0.3) is 0 Å². The van der Waals surface area contributed by atoms with Gasteiger partial charge in [0.1, 0.15) is 5.75 Å². The Balaban J connectivity index is 2.09. The van der Waals surface area contributed by atoms with Gasteiger partial charge in [-0.05, 0) is 69.7 Å². The summed E-state index contributed by atoms with van der Waals surface area (Å²) in [7, 11) is 1.75. The summed E-state index contributed by atoms with van der Waals surface area (Å²) in [5, 5.41) is 3.69. The molecule has 0 amide bonds. The fraction of sp³-hybridized carbons (Fsp3) is 0.667. The average Bonchev–Trinajstić information content (AvgIpc) is 2.45. The molecule has 0 bridgehead atoms. The molecule has 0 aromatic heterocycles. The quantitative estimate of drug-likeness (QED) is 0.881. The van der Waals surface area contributed by atoms with Gasteiger partial charge in [0, 0.05) is 5.54 Å². The highest BCUT2D eigenvalue weighted by atomic mass is 16.5. The zero-order chi connectivity index (χ0) is 14.6. The minimum absolute atomic E-state index is 0.205. The molecule has 1 aliphatic carbocycles. The van der Waals surface area contributed by atoms with E-state index in [-0.39, 0.29) is 5.54 Å². The maximum Gasteiger partial charge on any atom is 0.119 e. The molecule has 0 radical (unpaired) electrons. The second kappa shape index (κ2) is 6.62. The van der Waals surface area contributed by atoms with Crippen molar-refractivity contribution < 1.29 is 4.74 Å². The van der Waals surface area contributed by atoms with Gasteiger partial charge in [0.15, 0.2) is 0 Å². The molecule has 1 aromatic carbocycles. The summed E-state index contributed by atoms with van der Waals surface area (Å²) in [6.45, 7) is 7.86. The van der Waals surface area contributed by atoms with Gasteiger partial charge in [-0.3, -0.25) is 0 Å². The Morgan fingerprint density at radius 1 is 1.20 bits per heavy atom. The molecule has 20 heavy (non-hydrogen) atoms. The van der Waals surface area contributed by atoms with Crippen molar-refractivity contribution in [3.8, 4) is 5.75 Å². The minimum atomic E-state index is 0.205. The van der Waals surface area contributed by atoms with E-state index in [1.165, 1.54) is 31.2 Å². The van der Waals surface area contributed by atoms with Gasteiger partial charge < -0.3 is 10.1 Å². The van der Waals surface area contributed by atoms with Crippen LogP contribution < -0.4 is 10.1 Å². The van der Waals surface area contributed by atoms with E-state index >= 15 is 0 Å². The lowest BCUT2D eigenvalue weighted by molar-refractivity contribution is 0.269. The Morgan fingerprint density at radius 3 is 2.65 bits per heavy atom. The number of rotatable bonds is 4. The maximum atomic E-state index is 5.38. The zero-order valence-electron chi connectivity index (χ0n) is 13.4. The number of benzene rings is 1. The molecule has 0 aliphatic heterocycles. The molecule has 112 valence electrons. The standard InChI is InChI=1S/C18H29NO/c1-18(2,3)19-13-15-8-5-6-11-17(15)14-9-7-10-16(12-14)20-4/h7,9-10,12,15,17,19H,5-6,8,11,13H2,1-4H3.